The minimum atomic E-state index is -0.226. The lowest BCUT2D eigenvalue weighted by Gasteiger charge is -2.12. The van der Waals surface area contributed by atoms with E-state index in [9.17, 15) is 10.1 Å². The number of thioether (sulfide) groups is 1. The van der Waals surface area contributed by atoms with Crippen LogP contribution in [0.25, 0.3) is 21.5 Å². The van der Waals surface area contributed by atoms with Gasteiger partial charge in [0.25, 0.3) is 0 Å². The molecule has 0 aliphatic rings. The number of amides is 1. The second-order valence-corrected chi connectivity index (χ2v) is 10.2. The third-order valence-electron chi connectivity index (χ3n) is 5.37. The summed E-state index contributed by atoms with van der Waals surface area (Å²) in [6.45, 7) is 4.00. The van der Waals surface area contributed by atoms with Crippen LogP contribution in [0.3, 0.4) is 0 Å². The minimum absolute atomic E-state index is 0.0685. The van der Waals surface area contributed by atoms with E-state index < -0.39 is 0 Å². The van der Waals surface area contributed by atoms with Gasteiger partial charge in [-0.25, -0.2) is 9.97 Å². The fourth-order valence-electron chi connectivity index (χ4n) is 3.55. The van der Waals surface area contributed by atoms with Crippen LogP contribution in [-0.2, 0) is 4.79 Å². The van der Waals surface area contributed by atoms with Crippen molar-refractivity contribution in [1.82, 2.24) is 15.0 Å². The topological polar surface area (TPSA) is 101 Å². The summed E-state index contributed by atoms with van der Waals surface area (Å²) in [4.78, 5) is 26.3. The predicted molar refractivity (Wildman–Crippen MR) is 147 cm³/mol. The van der Waals surface area contributed by atoms with Crippen LogP contribution in [0.5, 0.6) is 11.6 Å². The summed E-state index contributed by atoms with van der Waals surface area (Å²) in [7, 11) is 0. The summed E-state index contributed by atoms with van der Waals surface area (Å²) in [5.74, 6) is 0.541. The highest BCUT2D eigenvalue weighted by Crippen LogP contribution is 2.33. The number of nitriles is 1. The van der Waals surface area contributed by atoms with E-state index in [0.29, 0.717) is 21.7 Å². The van der Waals surface area contributed by atoms with Crippen LogP contribution in [0.15, 0.2) is 78.0 Å². The Morgan fingerprint density at radius 2 is 1.76 bits per heavy atom. The molecule has 0 unspecified atom stereocenters. The van der Waals surface area contributed by atoms with Gasteiger partial charge in [0.2, 0.25) is 11.8 Å². The summed E-state index contributed by atoms with van der Waals surface area (Å²) < 4.78 is 7.03. The average Bonchev–Trinajstić information content (AvgIpc) is 3.30. The lowest BCUT2D eigenvalue weighted by molar-refractivity contribution is -0.113. The van der Waals surface area contributed by atoms with Crippen molar-refractivity contribution >= 4 is 44.4 Å². The molecule has 0 saturated carbocycles. The van der Waals surface area contributed by atoms with Crippen LogP contribution in [0.1, 0.15) is 16.7 Å². The molecule has 0 aliphatic heterocycles. The Balaban J connectivity index is 1.40. The maximum Gasteiger partial charge on any atom is 0.241 e. The first kappa shape index (κ1) is 24.4. The molecular formula is C28H21N5O2S2. The van der Waals surface area contributed by atoms with Crippen molar-refractivity contribution in [1.29, 1.82) is 5.26 Å². The SMILES string of the molecule is Cc1ccc(Oc2nc(SCC(=O)Nc3nc4ccc(C)cc4s3)nc(-c3ccccc3)c2C#N)cc1. The first-order valence-electron chi connectivity index (χ1n) is 11.4. The smallest absolute Gasteiger partial charge is 0.241 e. The minimum Gasteiger partial charge on any atom is -0.438 e. The number of aryl methyl sites for hydroxylation is 2. The van der Waals surface area contributed by atoms with Crippen molar-refractivity contribution in [3.8, 4) is 29.0 Å². The summed E-state index contributed by atoms with van der Waals surface area (Å²) in [6, 6.07) is 25.0. The van der Waals surface area contributed by atoms with Gasteiger partial charge in [0, 0.05) is 5.56 Å². The molecule has 7 nitrogen and oxygen atoms in total. The molecule has 2 heterocycles. The highest BCUT2D eigenvalue weighted by atomic mass is 32.2. The normalized spacial score (nSPS) is 10.7. The second-order valence-electron chi connectivity index (χ2n) is 8.25. The van der Waals surface area contributed by atoms with E-state index in [1.807, 2.05) is 86.6 Å². The van der Waals surface area contributed by atoms with Crippen LogP contribution in [0, 0.1) is 25.2 Å². The van der Waals surface area contributed by atoms with Crippen LogP contribution in [0.2, 0.25) is 0 Å². The van der Waals surface area contributed by atoms with Gasteiger partial charge in [-0.15, -0.1) is 0 Å². The molecule has 37 heavy (non-hydrogen) atoms. The molecule has 0 spiro atoms. The Kier molecular flexibility index (Phi) is 7.12. The first-order chi connectivity index (χ1) is 18.0. The van der Waals surface area contributed by atoms with Crippen molar-refractivity contribution < 1.29 is 9.53 Å². The van der Waals surface area contributed by atoms with Gasteiger partial charge in [-0.2, -0.15) is 10.2 Å². The standard InChI is InChI=1S/C28H21N5O2S2/c1-17-8-11-20(12-9-17)35-26-21(15-29)25(19-6-4-3-5-7-19)32-27(33-26)36-16-24(34)31-28-30-22-13-10-18(2)14-23(22)37-28/h3-14H,16H2,1-2H3,(H,30,31,34). The summed E-state index contributed by atoms with van der Waals surface area (Å²) >= 11 is 2.60. The molecule has 0 fully saturated rings. The molecule has 0 radical (unpaired) electrons. The number of hydrogen-bond donors (Lipinski definition) is 1. The molecule has 5 rings (SSSR count). The second kappa shape index (κ2) is 10.8. The number of ether oxygens (including phenoxy) is 1. The highest BCUT2D eigenvalue weighted by molar-refractivity contribution is 7.99. The van der Waals surface area contributed by atoms with E-state index in [0.717, 1.165) is 26.9 Å². The molecule has 0 bridgehead atoms. The number of nitrogens with one attached hydrogen (secondary N) is 1. The number of rotatable bonds is 7. The van der Waals surface area contributed by atoms with Gasteiger partial charge in [0.05, 0.1) is 21.7 Å². The van der Waals surface area contributed by atoms with Crippen LogP contribution in [0.4, 0.5) is 5.13 Å². The quantitative estimate of drug-likeness (QED) is 0.186. The van der Waals surface area contributed by atoms with Crippen molar-refractivity contribution in [2.75, 3.05) is 11.1 Å². The zero-order valence-electron chi connectivity index (χ0n) is 20.1. The fraction of sp³-hybridized carbons (Fsp3) is 0.107. The zero-order valence-corrected chi connectivity index (χ0v) is 21.7. The van der Waals surface area contributed by atoms with E-state index in [4.69, 9.17) is 4.74 Å². The summed E-state index contributed by atoms with van der Waals surface area (Å²) in [5, 5.41) is 13.7. The highest BCUT2D eigenvalue weighted by Gasteiger charge is 2.19. The zero-order chi connectivity index (χ0) is 25.8. The maximum absolute atomic E-state index is 12.7. The van der Waals surface area contributed by atoms with Gasteiger partial charge in [0.15, 0.2) is 10.3 Å². The van der Waals surface area contributed by atoms with Gasteiger partial charge in [-0.3, -0.25) is 4.79 Å². The number of nitrogens with zero attached hydrogens (tertiary/aromatic N) is 4. The molecule has 1 N–H and O–H groups in total. The van der Waals surface area contributed by atoms with Crippen molar-refractivity contribution in [3.05, 3.63) is 89.5 Å². The Morgan fingerprint density at radius 1 is 1.00 bits per heavy atom. The van der Waals surface area contributed by atoms with Crippen molar-refractivity contribution in [2.45, 2.75) is 19.0 Å². The number of carbonyl (C=O) groups excluding carboxylic acids is 1. The number of fused-ring (bicyclic) bond motifs is 1. The molecule has 3 aromatic carbocycles. The number of benzene rings is 3. The molecule has 182 valence electrons. The number of anilines is 1. The molecule has 0 saturated heterocycles. The van der Waals surface area contributed by atoms with Gasteiger partial charge in [-0.05, 0) is 43.7 Å². The molecular weight excluding hydrogens is 502 g/mol. The lowest BCUT2D eigenvalue weighted by Crippen LogP contribution is -2.14. The monoisotopic (exact) mass is 523 g/mol. The Bertz CT molecular complexity index is 1630. The molecule has 0 atom stereocenters. The average molecular weight is 524 g/mol. The van der Waals surface area contributed by atoms with E-state index >= 15 is 0 Å². The number of carbonyl (C=O) groups is 1. The van der Waals surface area contributed by atoms with Gasteiger partial charge < -0.3 is 10.1 Å². The van der Waals surface area contributed by atoms with Crippen LogP contribution < -0.4 is 10.1 Å². The Labute approximate surface area is 222 Å². The van der Waals surface area contributed by atoms with E-state index in [1.54, 1.807) is 0 Å². The summed E-state index contributed by atoms with van der Waals surface area (Å²) in [6.07, 6.45) is 0. The van der Waals surface area contributed by atoms with Gasteiger partial charge >= 0.3 is 0 Å². The molecule has 1 amide bonds. The third kappa shape index (κ3) is 5.77. The molecule has 2 aromatic heterocycles. The largest absolute Gasteiger partial charge is 0.438 e. The third-order valence-corrected chi connectivity index (χ3v) is 7.15. The van der Waals surface area contributed by atoms with Crippen molar-refractivity contribution in [3.63, 3.8) is 0 Å². The first-order valence-corrected chi connectivity index (χ1v) is 13.2. The number of hydrogen-bond acceptors (Lipinski definition) is 8. The van der Waals surface area contributed by atoms with Crippen LogP contribution in [-0.4, -0.2) is 26.6 Å². The lowest BCUT2D eigenvalue weighted by atomic mass is 10.1. The van der Waals surface area contributed by atoms with Crippen molar-refractivity contribution in [2.24, 2.45) is 0 Å². The molecule has 0 aliphatic carbocycles. The number of aromatic nitrogens is 3. The van der Waals surface area contributed by atoms with Crippen LogP contribution >= 0.6 is 23.1 Å². The fourth-order valence-corrected chi connectivity index (χ4v) is 5.17. The van der Waals surface area contributed by atoms with Gasteiger partial charge in [-0.1, -0.05) is 77.2 Å². The Morgan fingerprint density at radius 3 is 2.51 bits per heavy atom. The maximum atomic E-state index is 12.7. The van der Waals surface area contributed by atoms with E-state index in [-0.39, 0.29) is 23.1 Å². The van der Waals surface area contributed by atoms with E-state index in [1.165, 1.54) is 23.1 Å². The Hall–Kier alpha value is -4.26. The van der Waals surface area contributed by atoms with Gasteiger partial charge in [0.1, 0.15) is 17.4 Å². The molecule has 9 heteroatoms. The summed E-state index contributed by atoms with van der Waals surface area (Å²) in [5.41, 5.74) is 4.51. The predicted octanol–water partition coefficient (Wildman–Crippen LogP) is 6.76. The number of thiazole rings is 1. The van der Waals surface area contributed by atoms with E-state index in [2.05, 4.69) is 26.3 Å². The molecule has 5 aromatic rings.